The molecule has 0 fully saturated rings. The van der Waals surface area contributed by atoms with Crippen molar-refractivity contribution in [3.8, 4) is 5.69 Å². The Kier molecular flexibility index (Phi) is 2.91. The highest BCUT2D eigenvalue weighted by atomic mass is 35.5. The number of aryl methyl sites for hydroxylation is 1. The third-order valence-electron chi connectivity index (χ3n) is 3.03. The number of pyridine rings is 1. The smallest absolute Gasteiger partial charge is 0.356 e. The Morgan fingerprint density at radius 3 is 2.85 bits per heavy atom. The van der Waals surface area contributed by atoms with Gasteiger partial charge in [0.15, 0.2) is 5.69 Å². The number of hydrogen-bond acceptors (Lipinski definition) is 3. The maximum Gasteiger partial charge on any atom is 0.356 e. The normalized spacial score (nSPS) is 10.9. The van der Waals surface area contributed by atoms with Gasteiger partial charge in [0.1, 0.15) is 0 Å². The Morgan fingerprint density at radius 1 is 1.35 bits per heavy atom. The number of carboxylic acids is 1. The first-order valence-corrected chi connectivity index (χ1v) is 6.29. The minimum Gasteiger partial charge on any atom is -0.476 e. The predicted molar refractivity (Wildman–Crippen MR) is 75.6 cm³/mol. The van der Waals surface area contributed by atoms with Gasteiger partial charge >= 0.3 is 5.97 Å². The first-order chi connectivity index (χ1) is 9.58. The fourth-order valence-electron chi connectivity index (χ4n) is 2.12. The molecular weight excluding hydrogens is 278 g/mol. The molecule has 5 nitrogen and oxygen atoms in total. The summed E-state index contributed by atoms with van der Waals surface area (Å²) in [5.74, 6) is -1.06. The fourth-order valence-corrected chi connectivity index (χ4v) is 2.33. The SMILES string of the molecule is Cc1cc(C(=O)O)nn1-c1ccc(Cl)c2cccnc12. The van der Waals surface area contributed by atoms with E-state index in [-0.39, 0.29) is 5.69 Å². The second kappa shape index (κ2) is 4.61. The van der Waals surface area contributed by atoms with Crippen LogP contribution in [-0.2, 0) is 0 Å². The minimum atomic E-state index is -1.06. The van der Waals surface area contributed by atoms with Crippen LogP contribution in [0.4, 0.5) is 0 Å². The number of aromatic carboxylic acids is 1. The van der Waals surface area contributed by atoms with Crippen LogP contribution in [0, 0.1) is 6.92 Å². The van der Waals surface area contributed by atoms with Crippen LogP contribution in [-0.4, -0.2) is 25.8 Å². The van der Waals surface area contributed by atoms with Crippen molar-refractivity contribution in [2.75, 3.05) is 0 Å². The van der Waals surface area contributed by atoms with Crippen LogP contribution >= 0.6 is 11.6 Å². The molecule has 0 aliphatic carbocycles. The number of aromatic nitrogens is 3. The molecule has 0 spiro atoms. The molecule has 0 aliphatic rings. The van der Waals surface area contributed by atoms with Gasteiger partial charge in [0, 0.05) is 17.3 Å². The van der Waals surface area contributed by atoms with Crippen LogP contribution in [0.2, 0.25) is 5.02 Å². The largest absolute Gasteiger partial charge is 0.476 e. The number of halogens is 1. The highest BCUT2D eigenvalue weighted by molar-refractivity contribution is 6.35. The van der Waals surface area contributed by atoms with Crippen molar-refractivity contribution in [2.24, 2.45) is 0 Å². The Bertz CT molecular complexity index is 826. The lowest BCUT2D eigenvalue weighted by atomic mass is 10.2. The van der Waals surface area contributed by atoms with E-state index in [1.54, 1.807) is 36.0 Å². The van der Waals surface area contributed by atoms with E-state index in [4.69, 9.17) is 16.7 Å². The van der Waals surface area contributed by atoms with E-state index < -0.39 is 5.97 Å². The molecule has 0 unspecified atom stereocenters. The van der Waals surface area contributed by atoms with Crippen LogP contribution in [0.1, 0.15) is 16.2 Å². The van der Waals surface area contributed by atoms with Crippen molar-refractivity contribution < 1.29 is 9.90 Å². The van der Waals surface area contributed by atoms with E-state index in [1.165, 1.54) is 6.07 Å². The fraction of sp³-hybridized carbons (Fsp3) is 0.0714. The molecule has 0 aliphatic heterocycles. The summed E-state index contributed by atoms with van der Waals surface area (Å²) in [6.07, 6.45) is 1.67. The van der Waals surface area contributed by atoms with Crippen LogP contribution in [0.15, 0.2) is 36.5 Å². The van der Waals surface area contributed by atoms with Crippen molar-refractivity contribution in [3.63, 3.8) is 0 Å². The number of hydrogen-bond donors (Lipinski definition) is 1. The lowest BCUT2D eigenvalue weighted by molar-refractivity contribution is 0.0690. The number of benzene rings is 1. The lowest BCUT2D eigenvalue weighted by Gasteiger charge is -2.08. The summed E-state index contributed by atoms with van der Waals surface area (Å²) in [5, 5.41) is 14.5. The second-order valence-electron chi connectivity index (χ2n) is 4.35. The van der Waals surface area contributed by atoms with Gasteiger partial charge in [-0.25, -0.2) is 9.48 Å². The zero-order chi connectivity index (χ0) is 14.3. The number of carbonyl (C=O) groups is 1. The molecule has 0 radical (unpaired) electrons. The number of fused-ring (bicyclic) bond motifs is 1. The maximum absolute atomic E-state index is 11.0. The Morgan fingerprint density at radius 2 is 2.15 bits per heavy atom. The maximum atomic E-state index is 11.0. The zero-order valence-corrected chi connectivity index (χ0v) is 11.3. The van der Waals surface area contributed by atoms with Crippen LogP contribution in [0.25, 0.3) is 16.6 Å². The van der Waals surface area contributed by atoms with E-state index in [1.807, 2.05) is 6.07 Å². The molecule has 1 N–H and O–H groups in total. The molecule has 20 heavy (non-hydrogen) atoms. The minimum absolute atomic E-state index is 0.00142. The van der Waals surface area contributed by atoms with Gasteiger partial charge in [0.2, 0.25) is 0 Å². The third kappa shape index (κ3) is 1.92. The second-order valence-corrected chi connectivity index (χ2v) is 4.76. The number of rotatable bonds is 2. The molecule has 0 atom stereocenters. The third-order valence-corrected chi connectivity index (χ3v) is 3.36. The summed E-state index contributed by atoms with van der Waals surface area (Å²) in [4.78, 5) is 15.3. The highest BCUT2D eigenvalue weighted by Crippen LogP contribution is 2.27. The Balaban J connectivity index is 2.30. The molecule has 100 valence electrons. The van der Waals surface area contributed by atoms with Crippen molar-refractivity contribution in [3.05, 3.63) is 52.9 Å². The number of nitrogens with zero attached hydrogens (tertiary/aromatic N) is 3. The van der Waals surface area contributed by atoms with Gasteiger partial charge in [0.25, 0.3) is 0 Å². The molecule has 0 bridgehead atoms. The monoisotopic (exact) mass is 287 g/mol. The molecule has 1 aromatic carbocycles. The van der Waals surface area contributed by atoms with E-state index in [2.05, 4.69) is 10.1 Å². The summed E-state index contributed by atoms with van der Waals surface area (Å²) in [6, 6.07) is 8.72. The summed E-state index contributed by atoms with van der Waals surface area (Å²) >= 11 is 6.15. The van der Waals surface area contributed by atoms with Crippen LogP contribution in [0.5, 0.6) is 0 Å². The predicted octanol–water partition coefficient (Wildman–Crippen LogP) is 3.08. The summed E-state index contributed by atoms with van der Waals surface area (Å²) in [6.45, 7) is 1.79. The zero-order valence-electron chi connectivity index (χ0n) is 10.5. The van der Waals surface area contributed by atoms with E-state index in [9.17, 15) is 4.79 Å². The Labute approximate surface area is 119 Å². The lowest BCUT2D eigenvalue weighted by Crippen LogP contribution is -2.03. The molecule has 3 aromatic rings. The molecule has 2 heterocycles. The molecular formula is C14H10ClN3O2. The summed E-state index contributed by atoms with van der Waals surface area (Å²) < 4.78 is 1.56. The van der Waals surface area contributed by atoms with Crippen molar-refractivity contribution in [1.29, 1.82) is 0 Å². The topological polar surface area (TPSA) is 68.0 Å². The molecule has 3 rings (SSSR count). The van der Waals surface area contributed by atoms with Crippen molar-refractivity contribution in [2.45, 2.75) is 6.92 Å². The van der Waals surface area contributed by atoms with Gasteiger partial charge in [-0.1, -0.05) is 11.6 Å². The first kappa shape index (κ1) is 12.6. The molecule has 0 amide bonds. The van der Waals surface area contributed by atoms with Gasteiger partial charge in [-0.15, -0.1) is 0 Å². The van der Waals surface area contributed by atoms with E-state index in [0.29, 0.717) is 16.2 Å². The molecule has 2 aromatic heterocycles. The van der Waals surface area contributed by atoms with Gasteiger partial charge in [0.05, 0.1) is 16.2 Å². The summed E-state index contributed by atoms with van der Waals surface area (Å²) in [5.41, 5.74) is 2.11. The van der Waals surface area contributed by atoms with Gasteiger partial charge in [-0.2, -0.15) is 5.10 Å². The average molecular weight is 288 g/mol. The molecule has 0 saturated heterocycles. The van der Waals surface area contributed by atoms with E-state index in [0.717, 1.165) is 11.1 Å². The van der Waals surface area contributed by atoms with Crippen molar-refractivity contribution >= 4 is 28.5 Å². The van der Waals surface area contributed by atoms with Crippen LogP contribution < -0.4 is 0 Å². The van der Waals surface area contributed by atoms with Crippen LogP contribution in [0.3, 0.4) is 0 Å². The molecule has 6 heteroatoms. The van der Waals surface area contributed by atoms with Gasteiger partial charge in [-0.3, -0.25) is 4.98 Å². The quantitative estimate of drug-likeness (QED) is 0.786. The first-order valence-electron chi connectivity index (χ1n) is 5.91. The van der Waals surface area contributed by atoms with Gasteiger partial charge in [-0.05, 0) is 37.3 Å². The number of carboxylic acid groups (broad SMARTS) is 1. The molecule has 0 saturated carbocycles. The standard InChI is InChI=1S/C14H10ClN3O2/c1-8-7-11(14(19)20)17-18(8)12-5-4-10(15)9-3-2-6-16-13(9)12/h2-7H,1H3,(H,19,20). The Hall–Kier alpha value is -2.40. The van der Waals surface area contributed by atoms with E-state index >= 15 is 0 Å². The van der Waals surface area contributed by atoms with Crippen molar-refractivity contribution in [1.82, 2.24) is 14.8 Å². The highest BCUT2D eigenvalue weighted by Gasteiger charge is 2.14. The average Bonchev–Trinajstić information content (AvgIpc) is 2.82. The van der Waals surface area contributed by atoms with Gasteiger partial charge < -0.3 is 5.11 Å². The summed E-state index contributed by atoms with van der Waals surface area (Å²) in [7, 11) is 0.